The lowest BCUT2D eigenvalue weighted by Gasteiger charge is -2.28. The predicted octanol–water partition coefficient (Wildman–Crippen LogP) is 4.99. The third kappa shape index (κ3) is 9.98. The Morgan fingerprint density at radius 3 is 2.00 bits per heavy atom. The molecule has 3 rings (SSSR count). The number of para-hydroxylation sites is 1. The molecule has 3 N–H and O–H groups in total. The van der Waals surface area contributed by atoms with Gasteiger partial charge >= 0.3 is 0 Å². The Morgan fingerprint density at radius 1 is 0.973 bits per heavy atom. The molecular weight excluding hydrogens is 488 g/mol. The monoisotopic (exact) mass is 532 g/mol. The standard InChI is InChI=1S/C23H33N3O4S.C5H11N/c1-5-7-14-26(15-8-6-2)20-16-18(23(27)25(3)4)17-21(31(24,28)29)22(20)30-19-12-10-9-11-13-19;1-2-4-6-5-3-1/h9-13,16-17H,5-8,14-15H2,1-4H3,(H2,24,28,29);6H,1-5H2. The summed E-state index contributed by atoms with van der Waals surface area (Å²) < 4.78 is 31.2. The number of hydrogen-bond donors (Lipinski definition) is 2. The minimum atomic E-state index is -4.15. The van der Waals surface area contributed by atoms with Gasteiger partial charge in [0.05, 0.1) is 5.69 Å². The maximum atomic E-state index is 12.7. The minimum absolute atomic E-state index is 0.149. The molecule has 2 aromatic carbocycles. The number of rotatable bonds is 11. The highest BCUT2D eigenvalue weighted by Crippen LogP contribution is 2.40. The van der Waals surface area contributed by atoms with E-state index in [4.69, 9.17) is 9.88 Å². The molecule has 1 saturated heterocycles. The molecule has 0 radical (unpaired) electrons. The van der Waals surface area contributed by atoms with E-state index in [1.807, 2.05) is 18.2 Å². The molecular formula is C28H44N4O4S. The van der Waals surface area contributed by atoms with E-state index in [9.17, 15) is 13.2 Å². The number of unbranched alkanes of at least 4 members (excludes halogenated alkanes) is 2. The highest BCUT2D eigenvalue weighted by molar-refractivity contribution is 7.89. The van der Waals surface area contributed by atoms with Crippen molar-refractivity contribution >= 4 is 21.6 Å². The summed E-state index contributed by atoms with van der Waals surface area (Å²) in [6, 6.07) is 12.0. The van der Waals surface area contributed by atoms with Crippen molar-refractivity contribution in [2.45, 2.75) is 63.7 Å². The van der Waals surface area contributed by atoms with Gasteiger partial charge in [0.15, 0.2) is 5.75 Å². The van der Waals surface area contributed by atoms with E-state index >= 15 is 0 Å². The highest BCUT2D eigenvalue weighted by Gasteiger charge is 2.26. The van der Waals surface area contributed by atoms with Crippen LogP contribution in [0.4, 0.5) is 5.69 Å². The van der Waals surface area contributed by atoms with Crippen molar-refractivity contribution < 1.29 is 17.9 Å². The second-order valence-corrected chi connectivity index (χ2v) is 11.0. The van der Waals surface area contributed by atoms with E-state index in [-0.39, 0.29) is 22.1 Å². The van der Waals surface area contributed by atoms with Gasteiger partial charge in [-0.25, -0.2) is 13.6 Å². The Labute approximate surface area is 223 Å². The molecule has 1 heterocycles. The number of hydrogen-bond acceptors (Lipinski definition) is 6. The molecule has 0 saturated carbocycles. The molecule has 37 heavy (non-hydrogen) atoms. The van der Waals surface area contributed by atoms with Gasteiger partial charge in [0.25, 0.3) is 5.91 Å². The molecule has 0 bridgehead atoms. The van der Waals surface area contributed by atoms with Gasteiger partial charge in [-0.1, -0.05) is 51.3 Å². The van der Waals surface area contributed by atoms with E-state index in [0.717, 1.165) is 25.7 Å². The maximum absolute atomic E-state index is 12.7. The molecule has 206 valence electrons. The minimum Gasteiger partial charge on any atom is -0.454 e. The Balaban J connectivity index is 0.000000700. The Kier molecular flexibility index (Phi) is 12.9. The number of sulfonamides is 1. The van der Waals surface area contributed by atoms with E-state index in [2.05, 4.69) is 24.1 Å². The van der Waals surface area contributed by atoms with Crippen molar-refractivity contribution in [3.05, 3.63) is 48.0 Å². The van der Waals surface area contributed by atoms with Crippen LogP contribution in [0, 0.1) is 0 Å². The lowest BCUT2D eigenvalue weighted by atomic mass is 10.1. The fraction of sp³-hybridized carbons (Fsp3) is 0.536. The van der Waals surface area contributed by atoms with Crippen LogP contribution in [0.1, 0.15) is 69.2 Å². The van der Waals surface area contributed by atoms with Gasteiger partial charge in [0, 0.05) is 32.7 Å². The third-order valence-corrected chi connectivity index (χ3v) is 6.99. The van der Waals surface area contributed by atoms with Crippen LogP contribution in [-0.2, 0) is 10.0 Å². The summed E-state index contributed by atoms with van der Waals surface area (Å²) in [5.41, 5.74) is 0.810. The van der Waals surface area contributed by atoms with Crippen molar-refractivity contribution in [2.24, 2.45) is 5.14 Å². The highest BCUT2D eigenvalue weighted by atomic mass is 32.2. The molecule has 1 aliphatic heterocycles. The maximum Gasteiger partial charge on any atom is 0.253 e. The summed E-state index contributed by atoms with van der Waals surface area (Å²) in [4.78, 5) is 16.0. The number of benzene rings is 2. The molecule has 1 fully saturated rings. The zero-order chi connectivity index (χ0) is 27.3. The lowest BCUT2D eigenvalue weighted by molar-refractivity contribution is 0.0827. The first kappa shape index (κ1) is 30.6. The lowest BCUT2D eigenvalue weighted by Crippen LogP contribution is -2.28. The third-order valence-electron chi connectivity index (χ3n) is 6.07. The number of anilines is 1. The first-order valence-electron chi connectivity index (χ1n) is 13.3. The predicted molar refractivity (Wildman–Crippen MR) is 151 cm³/mol. The van der Waals surface area contributed by atoms with Gasteiger partial charge in [0.2, 0.25) is 10.0 Å². The first-order chi connectivity index (χ1) is 17.7. The SMILES string of the molecule is C1CCNCC1.CCCCN(CCCC)c1cc(C(=O)N(C)C)cc(S(N)(=O)=O)c1Oc1ccccc1. The molecule has 0 spiro atoms. The molecule has 0 aromatic heterocycles. The Morgan fingerprint density at radius 2 is 1.57 bits per heavy atom. The number of primary sulfonamides is 1. The molecule has 9 heteroatoms. The van der Waals surface area contributed by atoms with Crippen LogP contribution < -0.4 is 20.1 Å². The molecule has 1 aliphatic rings. The number of carbonyl (C=O) groups excluding carboxylic acids is 1. The molecule has 0 atom stereocenters. The van der Waals surface area contributed by atoms with Gasteiger partial charge in [0.1, 0.15) is 10.6 Å². The fourth-order valence-electron chi connectivity index (χ4n) is 3.98. The number of carbonyl (C=O) groups is 1. The summed E-state index contributed by atoms with van der Waals surface area (Å²) in [5, 5.41) is 8.86. The Bertz CT molecular complexity index is 1050. The van der Waals surface area contributed by atoms with Crippen LogP contribution in [0.15, 0.2) is 47.4 Å². The number of amides is 1. The van der Waals surface area contributed by atoms with Crippen LogP contribution in [0.2, 0.25) is 0 Å². The second kappa shape index (κ2) is 15.6. The number of nitrogens with zero attached hydrogens (tertiary/aromatic N) is 2. The summed E-state index contributed by atoms with van der Waals surface area (Å²) in [7, 11) is -0.907. The van der Waals surface area contributed by atoms with E-state index in [0.29, 0.717) is 24.5 Å². The number of piperidine rings is 1. The topological polar surface area (TPSA) is 105 Å². The van der Waals surface area contributed by atoms with Crippen molar-refractivity contribution in [1.29, 1.82) is 0 Å². The number of nitrogens with one attached hydrogen (secondary N) is 1. The zero-order valence-electron chi connectivity index (χ0n) is 22.8. The van der Waals surface area contributed by atoms with Crippen molar-refractivity contribution in [2.75, 3.05) is 45.2 Å². The number of nitrogens with two attached hydrogens (primary N) is 1. The van der Waals surface area contributed by atoms with Gasteiger partial charge in [-0.2, -0.15) is 0 Å². The summed E-state index contributed by atoms with van der Waals surface area (Å²) in [6.07, 6.45) is 8.02. The van der Waals surface area contributed by atoms with Gasteiger partial charge in [-0.3, -0.25) is 4.79 Å². The van der Waals surface area contributed by atoms with Crippen molar-refractivity contribution in [3.63, 3.8) is 0 Å². The first-order valence-corrected chi connectivity index (χ1v) is 14.8. The van der Waals surface area contributed by atoms with Crippen molar-refractivity contribution in [1.82, 2.24) is 10.2 Å². The fourth-order valence-corrected chi connectivity index (χ4v) is 4.67. The number of ether oxygens (including phenoxy) is 1. The van der Waals surface area contributed by atoms with Crippen molar-refractivity contribution in [3.8, 4) is 11.5 Å². The summed E-state index contributed by atoms with van der Waals surface area (Å²) >= 11 is 0. The average Bonchev–Trinajstić information content (AvgIpc) is 2.90. The normalized spacial score (nSPS) is 13.3. The van der Waals surface area contributed by atoms with Gasteiger partial charge in [-0.05, 0) is 63.0 Å². The molecule has 0 unspecified atom stereocenters. The second-order valence-electron chi connectivity index (χ2n) is 9.49. The van der Waals surface area contributed by atoms with Gasteiger partial charge < -0.3 is 19.9 Å². The van der Waals surface area contributed by atoms with E-state index in [1.165, 1.54) is 43.3 Å². The van der Waals surface area contributed by atoms with E-state index < -0.39 is 10.0 Å². The molecule has 8 nitrogen and oxygen atoms in total. The average molecular weight is 533 g/mol. The van der Waals surface area contributed by atoms with Crippen LogP contribution in [0.25, 0.3) is 0 Å². The van der Waals surface area contributed by atoms with Gasteiger partial charge in [-0.15, -0.1) is 0 Å². The van der Waals surface area contributed by atoms with E-state index in [1.54, 1.807) is 32.3 Å². The van der Waals surface area contributed by atoms with Crippen LogP contribution in [0.5, 0.6) is 11.5 Å². The summed E-state index contributed by atoms with van der Waals surface area (Å²) in [5.74, 6) is 0.339. The van der Waals surface area contributed by atoms with Crippen LogP contribution in [-0.4, -0.2) is 59.5 Å². The smallest absolute Gasteiger partial charge is 0.253 e. The van der Waals surface area contributed by atoms with Crippen LogP contribution >= 0.6 is 0 Å². The molecule has 1 amide bonds. The largest absolute Gasteiger partial charge is 0.454 e. The Hall–Kier alpha value is -2.62. The quantitative estimate of drug-likeness (QED) is 0.422. The summed E-state index contributed by atoms with van der Waals surface area (Å²) in [6.45, 7) is 8.12. The molecule has 2 aromatic rings. The zero-order valence-corrected chi connectivity index (χ0v) is 23.6. The molecule has 0 aliphatic carbocycles. The van der Waals surface area contributed by atoms with Crippen LogP contribution in [0.3, 0.4) is 0 Å².